The van der Waals surface area contributed by atoms with Crippen LogP contribution in [0.15, 0.2) is 12.3 Å². The second kappa shape index (κ2) is 4.63. The van der Waals surface area contributed by atoms with Crippen molar-refractivity contribution in [2.24, 2.45) is 0 Å². The van der Waals surface area contributed by atoms with Gasteiger partial charge in [0.25, 0.3) is 0 Å². The van der Waals surface area contributed by atoms with Crippen molar-refractivity contribution in [1.29, 1.82) is 0 Å². The molecule has 0 aliphatic carbocycles. The molecule has 0 spiro atoms. The minimum Gasteiger partial charge on any atom is -0.383 e. The van der Waals surface area contributed by atoms with Gasteiger partial charge in [-0.15, -0.1) is 0 Å². The molecular formula is C10H19NO2. The SMILES string of the molecule is C=C(C)N1CC(OC)CC1COC. The van der Waals surface area contributed by atoms with Gasteiger partial charge in [0.1, 0.15) is 0 Å². The maximum Gasteiger partial charge on any atom is 0.0766 e. The molecule has 76 valence electrons. The lowest BCUT2D eigenvalue weighted by molar-refractivity contribution is 0.110. The first kappa shape index (κ1) is 10.5. The monoisotopic (exact) mass is 185 g/mol. The van der Waals surface area contributed by atoms with Gasteiger partial charge in [-0.25, -0.2) is 0 Å². The molecule has 0 amide bonds. The fourth-order valence-corrected chi connectivity index (χ4v) is 1.86. The Morgan fingerprint density at radius 2 is 2.23 bits per heavy atom. The Morgan fingerprint density at radius 3 is 2.69 bits per heavy atom. The van der Waals surface area contributed by atoms with Crippen molar-refractivity contribution in [3.8, 4) is 0 Å². The highest BCUT2D eigenvalue weighted by atomic mass is 16.5. The van der Waals surface area contributed by atoms with E-state index in [1.54, 1.807) is 14.2 Å². The van der Waals surface area contributed by atoms with Gasteiger partial charge in [-0.05, 0) is 13.3 Å². The summed E-state index contributed by atoms with van der Waals surface area (Å²) >= 11 is 0. The Balaban J connectivity index is 2.54. The molecule has 2 atom stereocenters. The molecule has 1 aliphatic heterocycles. The maximum absolute atomic E-state index is 5.33. The molecule has 3 nitrogen and oxygen atoms in total. The minimum absolute atomic E-state index is 0.330. The first-order valence-corrected chi connectivity index (χ1v) is 4.63. The quantitative estimate of drug-likeness (QED) is 0.658. The lowest BCUT2D eigenvalue weighted by Crippen LogP contribution is -2.31. The largest absolute Gasteiger partial charge is 0.383 e. The summed E-state index contributed by atoms with van der Waals surface area (Å²) in [5.41, 5.74) is 1.10. The fourth-order valence-electron chi connectivity index (χ4n) is 1.86. The molecule has 1 fully saturated rings. The van der Waals surface area contributed by atoms with E-state index in [0.717, 1.165) is 25.3 Å². The molecule has 1 saturated heterocycles. The molecule has 0 aromatic heterocycles. The highest BCUT2D eigenvalue weighted by Crippen LogP contribution is 2.23. The van der Waals surface area contributed by atoms with E-state index in [2.05, 4.69) is 11.5 Å². The Hall–Kier alpha value is -0.540. The van der Waals surface area contributed by atoms with Gasteiger partial charge in [0.15, 0.2) is 0 Å². The Labute approximate surface area is 80.3 Å². The zero-order chi connectivity index (χ0) is 9.84. The molecule has 1 heterocycles. The van der Waals surface area contributed by atoms with Gasteiger partial charge in [0.2, 0.25) is 0 Å². The van der Waals surface area contributed by atoms with Gasteiger partial charge < -0.3 is 14.4 Å². The molecule has 0 saturated carbocycles. The number of nitrogens with zero attached hydrogens (tertiary/aromatic N) is 1. The molecule has 0 aromatic carbocycles. The topological polar surface area (TPSA) is 21.7 Å². The van der Waals surface area contributed by atoms with E-state index in [1.165, 1.54) is 0 Å². The number of rotatable bonds is 4. The van der Waals surface area contributed by atoms with Gasteiger partial charge in [-0.2, -0.15) is 0 Å². The van der Waals surface area contributed by atoms with Gasteiger partial charge in [0, 0.05) is 26.5 Å². The molecule has 1 aliphatic rings. The van der Waals surface area contributed by atoms with Crippen LogP contribution in [-0.2, 0) is 9.47 Å². The predicted octanol–water partition coefficient (Wildman–Crippen LogP) is 1.26. The Bertz CT molecular complexity index is 182. The maximum atomic E-state index is 5.33. The van der Waals surface area contributed by atoms with Crippen LogP contribution in [0.5, 0.6) is 0 Å². The number of likely N-dealkylation sites (tertiary alicyclic amines) is 1. The van der Waals surface area contributed by atoms with Crippen LogP contribution in [0.1, 0.15) is 13.3 Å². The fraction of sp³-hybridized carbons (Fsp3) is 0.800. The van der Waals surface area contributed by atoms with E-state index < -0.39 is 0 Å². The molecular weight excluding hydrogens is 166 g/mol. The van der Waals surface area contributed by atoms with Crippen LogP contribution < -0.4 is 0 Å². The first-order chi connectivity index (χ1) is 6.19. The second-order valence-electron chi connectivity index (χ2n) is 3.59. The molecule has 0 N–H and O–H groups in total. The minimum atomic E-state index is 0.330. The molecule has 13 heavy (non-hydrogen) atoms. The number of methoxy groups -OCH3 is 2. The average molecular weight is 185 g/mol. The molecule has 0 bridgehead atoms. The van der Waals surface area contributed by atoms with Crippen LogP contribution in [0.3, 0.4) is 0 Å². The van der Waals surface area contributed by atoms with Crippen molar-refractivity contribution in [3.63, 3.8) is 0 Å². The van der Waals surface area contributed by atoms with E-state index in [9.17, 15) is 0 Å². The molecule has 0 aromatic rings. The smallest absolute Gasteiger partial charge is 0.0766 e. The van der Waals surface area contributed by atoms with Crippen molar-refractivity contribution in [1.82, 2.24) is 4.90 Å². The summed E-state index contributed by atoms with van der Waals surface area (Å²) in [5.74, 6) is 0. The Morgan fingerprint density at radius 1 is 1.54 bits per heavy atom. The average Bonchev–Trinajstić information content (AvgIpc) is 2.48. The lowest BCUT2D eigenvalue weighted by Gasteiger charge is -2.25. The summed E-state index contributed by atoms with van der Waals surface area (Å²) in [5, 5.41) is 0. The summed E-state index contributed by atoms with van der Waals surface area (Å²) in [6.07, 6.45) is 1.37. The van der Waals surface area contributed by atoms with Crippen LogP contribution in [0, 0.1) is 0 Å². The zero-order valence-corrected chi connectivity index (χ0v) is 8.75. The van der Waals surface area contributed by atoms with Crippen LogP contribution in [0.4, 0.5) is 0 Å². The third-order valence-electron chi connectivity index (χ3n) is 2.56. The standard InChI is InChI=1S/C10H19NO2/c1-8(2)11-6-10(13-4)5-9(11)7-12-3/h9-10H,1,5-7H2,2-4H3. The summed E-state index contributed by atoms with van der Waals surface area (Å²) < 4.78 is 10.5. The molecule has 1 rings (SSSR count). The normalized spacial score (nSPS) is 28.1. The van der Waals surface area contributed by atoms with Gasteiger partial charge in [-0.3, -0.25) is 0 Å². The predicted molar refractivity (Wildman–Crippen MR) is 52.6 cm³/mol. The van der Waals surface area contributed by atoms with Gasteiger partial charge in [-0.1, -0.05) is 6.58 Å². The second-order valence-corrected chi connectivity index (χ2v) is 3.59. The third-order valence-corrected chi connectivity index (χ3v) is 2.56. The van der Waals surface area contributed by atoms with E-state index in [1.807, 2.05) is 6.92 Å². The van der Waals surface area contributed by atoms with E-state index in [-0.39, 0.29) is 0 Å². The van der Waals surface area contributed by atoms with Crippen molar-refractivity contribution in [2.75, 3.05) is 27.4 Å². The van der Waals surface area contributed by atoms with Crippen LogP contribution >= 0.6 is 0 Å². The zero-order valence-electron chi connectivity index (χ0n) is 8.75. The van der Waals surface area contributed by atoms with Crippen molar-refractivity contribution in [2.45, 2.75) is 25.5 Å². The number of hydrogen-bond donors (Lipinski definition) is 0. The summed E-state index contributed by atoms with van der Waals surface area (Å²) in [6.45, 7) is 7.68. The van der Waals surface area contributed by atoms with E-state index in [0.29, 0.717) is 12.1 Å². The first-order valence-electron chi connectivity index (χ1n) is 4.63. The van der Waals surface area contributed by atoms with Crippen LogP contribution in [0.2, 0.25) is 0 Å². The third kappa shape index (κ3) is 2.45. The van der Waals surface area contributed by atoms with Crippen molar-refractivity contribution in [3.05, 3.63) is 12.3 Å². The summed E-state index contributed by atoms with van der Waals surface area (Å²) in [6, 6.07) is 0.437. The van der Waals surface area contributed by atoms with E-state index in [4.69, 9.17) is 9.47 Å². The summed E-state index contributed by atoms with van der Waals surface area (Å²) in [4.78, 5) is 2.26. The Kier molecular flexibility index (Phi) is 3.75. The molecule has 0 radical (unpaired) electrons. The summed E-state index contributed by atoms with van der Waals surface area (Å²) in [7, 11) is 3.49. The van der Waals surface area contributed by atoms with Crippen LogP contribution in [0.25, 0.3) is 0 Å². The van der Waals surface area contributed by atoms with Crippen molar-refractivity contribution >= 4 is 0 Å². The van der Waals surface area contributed by atoms with Crippen molar-refractivity contribution < 1.29 is 9.47 Å². The molecule has 3 heteroatoms. The lowest BCUT2D eigenvalue weighted by atomic mass is 10.2. The highest BCUT2D eigenvalue weighted by molar-refractivity contribution is 4.99. The highest BCUT2D eigenvalue weighted by Gasteiger charge is 2.31. The number of ether oxygens (including phenoxy) is 2. The van der Waals surface area contributed by atoms with Gasteiger partial charge >= 0.3 is 0 Å². The van der Waals surface area contributed by atoms with Crippen LogP contribution in [-0.4, -0.2) is 44.4 Å². The number of allylic oxidation sites excluding steroid dienone is 1. The number of hydrogen-bond acceptors (Lipinski definition) is 3. The van der Waals surface area contributed by atoms with E-state index >= 15 is 0 Å². The molecule has 2 unspecified atom stereocenters. The van der Waals surface area contributed by atoms with Gasteiger partial charge in [0.05, 0.1) is 18.8 Å².